The summed E-state index contributed by atoms with van der Waals surface area (Å²) in [4.78, 5) is 15.2. The number of likely N-dealkylation sites (tertiary alicyclic amines) is 1. The first-order valence-corrected chi connectivity index (χ1v) is 10.8. The number of fused-ring (bicyclic) bond motifs is 1. The van der Waals surface area contributed by atoms with Crippen molar-refractivity contribution in [3.8, 4) is 11.5 Å². The van der Waals surface area contributed by atoms with Crippen LogP contribution in [-0.2, 0) is 0 Å². The van der Waals surface area contributed by atoms with Gasteiger partial charge in [-0.15, -0.1) is 11.3 Å². The molecule has 0 aliphatic carbocycles. The van der Waals surface area contributed by atoms with Crippen molar-refractivity contribution in [2.24, 2.45) is 5.92 Å². The molecule has 1 fully saturated rings. The molecule has 1 aromatic heterocycles. The lowest BCUT2D eigenvalue weighted by atomic mass is 9.96. The number of nitrogens with zero attached hydrogens (tertiary/aromatic N) is 1. The number of thiophene rings is 1. The van der Waals surface area contributed by atoms with Crippen LogP contribution in [0.4, 0.5) is 5.69 Å². The fourth-order valence-electron chi connectivity index (χ4n) is 3.66. The van der Waals surface area contributed by atoms with E-state index >= 15 is 0 Å². The molecule has 0 radical (unpaired) electrons. The average molecular weight is 422 g/mol. The van der Waals surface area contributed by atoms with Gasteiger partial charge in [0.1, 0.15) is 17.6 Å². The third kappa shape index (κ3) is 4.54. The standard InChI is InChI=1S/C20H24ClN3O3S/c21-14-1-2-17-18(9-14)27-15(12-26-17)11-24-6-3-13(4-7-24)10-23-20(25)19-16(22)5-8-28-19/h1-2,5,8-9,13,15H,3-4,6-7,10-12,22H2,(H,23,25). The minimum atomic E-state index is -0.0694. The van der Waals surface area contributed by atoms with Crippen LogP contribution < -0.4 is 20.5 Å². The van der Waals surface area contributed by atoms with E-state index in [2.05, 4.69) is 10.2 Å². The first-order chi connectivity index (χ1) is 13.6. The van der Waals surface area contributed by atoms with E-state index in [1.54, 1.807) is 18.2 Å². The Bertz CT molecular complexity index is 836. The normalized spacial score (nSPS) is 20.1. The van der Waals surface area contributed by atoms with Crippen molar-refractivity contribution in [1.29, 1.82) is 0 Å². The average Bonchev–Trinajstić information content (AvgIpc) is 3.13. The molecule has 2 aliphatic heterocycles. The summed E-state index contributed by atoms with van der Waals surface area (Å²) in [6, 6.07) is 7.22. The van der Waals surface area contributed by atoms with Crippen LogP contribution in [0.1, 0.15) is 22.5 Å². The molecule has 2 aliphatic rings. The lowest BCUT2D eigenvalue weighted by molar-refractivity contribution is 0.0476. The van der Waals surface area contributed by atoms with Crippen LogP contribution in [0.5, 0.6) is 11.5 Å². The van der Waals surface area contributed by atoms with Crippen LogP contribution in [-0.4, -0.2) is 49.7 Å². The zero-order chi connectivity index (χ0) is 19.5. The second-order valence-corrected chi connectivity index (χ2v) is 8.65. The third-order valence-electron chi connectivity index (χ3n) is 5.25. The number of nitrogens with two attached hydrogens (primary N) is 1. The number of amides is 1. The van der Waals surface area contributed by atoms with Crippen molar-refractivity contribution >= 4 is 34.5 Å². The van der Waals surface area contributed by atoms with Crippen LogP contribution in [0.2, 0.25) is 5.02 Å². The van der Waals surface area contributed by atoms with Gasteiger partial charge in [-0.3, -0.25) is 9.69 Å². The Labute approximate surface area is 173 Å². The highest BCUT2D eigenvalue weighted by atomic mass is 35.5. The molecule has 28 heavy (non-hydrogen) atoms. The highest BCUT2D eigenvalue weighted by Gasteiger charge is 2.26. The summed E-state index contributed by atoms with van der Waals surface area (Å²) in [6.45, 7) is 4.05. The predicted octanol–water partition coefficient (Wildman–Crippen LogP) is 3.27. The van der Waals surface area contributed by atoms with E-state index in [4.69, 9.17) is 26.8 Å². The van der Waals surface area contributed by atoms with E-state index in [-0.39, 0.29) is 12.0 Å². The van der Waals surface area contributed by atoms with Crippen LogP contribution in [0.25, 0.3) is 0 Å². The molecule has 1 unspecified atom stereocenters. The zero-order valence-corrected chi connectivity index (χ0v) is 17.1. The van der Waals surface area contributed by atoms with Crippen molar-refractivity contribution in [3.05, 3.63) is 39.5 Å². The number of hydrogen-bond donors (Lipinski definition) is 2. The number of piperidine rings is 1. The van der Waals surface area contributed by atoms with Crippen molar-refractivity contribution < 1.29 is 14.3 Å². The molecule has 0 spiro atoms. The quantitative estimate of drug-likeness (QED) is 0.774. The minimum Gasteiger partial charge on any atom is -0.486 e. The summed E-state index contributed by atoms with van der Waals surface area (Å²) >= 11 is 7.42. The fourth-order valence-corrected chi connectivity index (χ4v) is 4.56. The highest BCUT2D eigenvalue weighted by molar-refractivity contribution is 7.12. The van der Waals surface area contributed by atoms with Crippen molar-refractivity contribution in [2.75, 3.05) is 38.5 Å². The van der Waals surface area contributed by atoms with Crippen molar-refractivity contribution in [3.63, 3.8) is 0 Å². The SMILES string of the molecule is Nc1ccsc1C(=O)NCC1CCN(CC2COc3ccc(Cl)cc3O2)CC1. The molecule has 0 bridgehead atoms. The highest BCUT2D eigenvalue weighted by Crippen LogP contribution is 2.34. The Morgan fingerprint density at radius 2 is 2.11 bits per heavy atom. The minimum absolute atomic E-state index is 0.00373. The van der Waals surface area contributed by atoms with E-state index in [0.29, 0.717) is 40.4 Å². The molecular weight excluding hydrogens is 398 g/mol. The third-order valence-corrected chi connectivity index (χ3v) is 6.41. The number of benzene rings is 1. The van der Waals surface area contributed by atoms with Gasteiger partial charge in [-0.1, -0.05) is 11.6 Å². The van der Waals surface area contributed by atoms with Crippen LogP contribution in [0, 0.1) is 5.92 Å². The molecule has 1 aromatic carbocycles. The molecule has 1 amide bonds. The summed E-state index contributed by atoms with van der Waals surface area (Å²) in [7, 11) is 0. The number of anilines is 1. The lowest BCUT2D eigenvalue weighted by Gasteiger charge is -2.35. The summed E-state index contributed by atoms with van der Waals surface area (Å²) in [6.07, 6.45) is 2.11. The first kappa shape index (κ1) is 19.4. The number of carbonyl (C=O) groups is 1. The molecule has 1 atom stereocenters. The monoisotopic (exact) mass is 421 g/mol. The summed E-state index contributed by atoms with van der Waals surface area (Å²) in [5.74, 6) is 1.89. The number of nitrogens with one attached hydrogen (secondary N) is 1. The largest absolute Gasteiger partial charge is 0.486 e. The van der Waals surface area contributed by atoms with Gasteiger partial charge in [0.05, 0.1) is 5.69 Å². The van der Waals surface area contributed by atoms with Gasteiger partial charge in [-0.25, -0.2) is 0 Å². The van der Waals surface area contributed by atoms with Gasteiger partial charge < -0.3 is 20.5 Å². The van der Waals surface area contributed by atoms with Crippen LogP contribution in [0.15, 0.2) is 29.6 Å². The van der Waals surface area contributed by atoms with E-state index in [0.717, 1.165) is 38.2 Å². The molecule has 3 N–H and O–H groups in total. The Morgan fingerprint density at radius 3 is 2.86 bits per heavy atom. The summed E-state index contributed by atoms with van der Waals surface area (Å²) < 4.78 is 11.9. The van der Waals surface area contributed by atoms with E-state index in [1.807, 2.05) is 11.4 Å². The number of ether oxygens (including phenoxy) is 2. The van der Waals surface area contributed by atoms with Crippen LogP contribution in [0.3, 0.4) is 0 Å². The second kappa shape index (κ2) is 8.59. The molecule has 6 nitrogen and oxygen atoms in total. The molecule has 150 valence electrons. The van der Waals surface area contributed by atoms with Gasteiger partial charge in [0, 0.05) is 24.2 Å². The number of halogens is 1. The van der Waals surface area contributed by atoms with Crippen molar-refractivity contribution in [2.45, 2.75) is 18.9 Å². The van der Waals surface area contributed by atoms with Gasteiger partial charge in [-0.2, -0.15) is 0 Å². The Balaban J connectivity index is 1.21. The maximum Gasteiger partial charge on any atom is 0.263 e. The van der Waals surface area contributed by atoms with Gasteiger partial charge in [0.25, 0.3) is 5.91 Å². The van der Waals surface area contributed by atoms with E-state index in [1.165, 1.54) is 11.3 Å². The maximum atomic E-state index is 12.2. The topological polar surface area (TPSA) is 76.8 Å². The smallest absolute Gasteiger partial charge is 0.263 e. The Hall–Kier alpha value is -1.96. The molecule has 1 saturated heterocycles. The summed E-state index contributed by atoms with van der Waals surface area (Å²) in [5, 5.41) is 5.51. The van der Waals surface area contributed by atoms with E-state index in [9.17, 15) is 4.79 Å². The van der Waals surface area contributed by atoms with Gasteiger partial charge in [0.2, 0.25) is 0 Å². The van der Waals surface area contributed by atoms with Gasteiger partial charge >= 0.3 is 0 Å². The Kier molecular flexibility index (Phi) is 5.94. The molecular formula is C20H24ClN3O3S. The fraction of sp³-hybridized carbons (Fsp3) is 0.450. The molecule has 2 aromatic rings. The molecule has 0 saturated carbocycles. The molecule has 4 rings (SSSR count). The molecule has 8 heteroatoms. The molecule has 3 heterocycles. The van der Waals surface area contributed by atoms with Crippen LogP contribution >= 0.6 is 22.9 Å². The van der Waals surface area contributed by atoms with Gasteiger partial charge in [-0.05, 0) is 55.4 Å². The van der Waals surface area contributed by atoms with Crippen molar-refractivity contribution in [1.82, 2.24) is 10.2 Å². The first-order valence-electron chi connectivity index (χ1n) is 9.51. The zero-order valence-electron chi connectivity index (χ0n) is 15.5. The summed E-state index contributed by atoms with van der Waals surface area (Å²) in [5.41, 5.74) is 6.36. The predicted molar refractivity (Wildman–Crippen MR) is 112 cm³/mol. The number of rotatable bonds is 5. The van der Waals surface area contributed by atoms with Gasteiger partial charge in [0.15, 0.2) is 11.5 Å². The second-order valence-electron chi connectivity index (χ2n) is 7.30. The number of nitrogen functional groups attached to an aromatic ring is 1. The number of hydrogen-bond acceptors (Lipinski definition) is 6. The maximum absolute atomic E-state index is 12.2. The van der Waals surface area contributed by atoms with E-state index < -0.39 is 0 Å². The Morgan fingerprint density at radius 1 is 1.29 bits per heavy atom. The lowest BCUT2D eigenvalue weighted by Crippen LogP contribution is -2.45. The number of carbonyl (C=O) groups excluding carboxylic acids is 1.